The highest BCUT2D eigenvalue weighted by molar-refractivity contribution is 5.92. The highest BCUT2D eigenvalue weighted by Gasteiger charge is 2.15. The molecule has 1 unspecified atom stereocenters. The van der Waals surface area contributed by atoms with Gasteiger partial charge in [0.25, 0.3) is 0 Å². The van der Waals surface area contributed by atoms with Crippen LogP contribution in [0.25, 0.3) is 11.8 Å². The first-order valence-corrected chi connectivity index (χ1v) is 8.73. The quantitative estimate of drug-likeness (QED) is 0.426. The summed E-state index contributed by atoms with van der Waals surface area (Å²) in [6, 6.07) is 8.87. The summed E-state index contributed by atoms with van der Waals surface area (Å²) in [7, 11) is 3.15. The van der Waals surface area contributed by atoms with E-state index in [9.17, 15) is 9.90 Å². The van der Waals surface area contributed by atoms with Crippen molar-refractivity contribution < 1.29 is 24.1 Å². The highest BCUT2D eigenvalue weighted by atomic mass is 16.5. The number of methoxy groups -OCH3 is 2. The van der Waals surface area contributed by atoms with Crippen LogP contribution in [0.15, 0.2) is 48.7 Å². The molecule has 0 spiro atoms. The minimum atomic E-state index is -0.875. The minimum absolute atomic E-state index is 0.127. The molecular formula is C22H25NO5. The van der Waals surface area contributed by atoms with E-state index in [-0.39, 0.29) is 6.61 Å². The first-order valence-electron chi connectivity index (χ1n) is 8.73. The summed E-state index contributed by atoms with van der Waals surface area (Å²) in [6.07, 6.45) is 2.57. The second-order valence-corrected chi connectivity index (χ2v) is 6.29. The van der Waals surface area contributed by atoms with Gasteiger partial charge in [0.05, 0.1) is 19.8 Å². The summed E-state index contributed by atoms with van der Waals surface area (Å²) in [5.41, 5.74) is 3.11. The summed E-state index contributed by atoms with van der Waals surface area (Å²) in [4.78, 5) is 16.6. The van der Waals surface area contributed by atoms with E-state index >= 15 is 0 Å². The molecule has 6 heteroatoms. The van der Waals surface area contributed by atoms with Gasteiger partial charge in [-0.1, -0.05) is 12.6 Å². The van der Waals surface area contributed by atoms with E-state index in [1.165, 1.54) is 0 Å². The van der Waals surface area contributed by atoms with Crippen molar-refractivity contribution >= 4 is 17.8 Å². The van der Waals surface area contributed by atoms with E-state index in [2.05, 4.69) is 11.6 Å². The molecule has 0 aliphatic heterocycles. The average molecular weight is 383 g/mol. The van der Waals surface area contributed by atoms with Crippen molar-refractivity contribution in [3.63, 3.8) is 0 Å². The van der Waals surface area contributed by atoms with Crippen molar-refractivity contribution in [1.29, 1.82) is 0 Å². The Morgan fingerprint density at radius 3 is 2.68 bits per heavy atom. The molecular weight excluding hydrogens is 358 g/mol. The molecule has 0 saturated heterocycles. The zero-order chi connectivity index (χ0) is 20.7. The van der Waals surface area contributed by atoms with E-state index in [0.29, 0.717) is 28.3 Å². The highest BCUT2D eigenvalue weighted by Crippen LogP contribution is 2.25. The zero-order valence-electron chi connectivity index (χ0n) is 16.6. The Hall–Kier alpha value is -3.12. The summed E-state index contributed by atoms with van der Waals surface area (Å²) in [5, 5.41) is 9.71. The van der Waals surface area contributed by atoms with Crippen LogP contribution in [0.2, 0.25) is 0 Å². The third-order valence-electron chi connectivity index (χ3n) is 4.18. The van der Waals surface area contributed by atoms with Crippen LogP contribution in [0.5, 0.6) is 5.75 Å². The number of ether oxygens (including phenoxy) is 3. The van der Waals surface area contributed by atoms with Crippen LogP contribution in [0.3, 0.4) is 0 Å². The molecule has 0 fully saturated rings. The Balaban J connectivity index is 2.25. The fraction of sp³-hybridized carbons (Fsp3) is 0.273. The second-order valence-electron chi connectivity index (χ2n) is 6.29. The number of hydrogen-bond donors (Lipinski definition) is 1. The molecule has 148 valence electrons. The number of aryl methyl sites for hydroxylation is 1. The van der Waals surface area contributed by atoms with Crippen LogP contribution in [0, 0.1) is 6.92 Å². The second kappa shape index (κ2) is 9.71. The fourth-order valence-corrected chi connectivity index (χ4v) is 2.49. The van der Waals surface area contributed by atoms with Crippen molar-refractivity contribution in [1.82, 2.24) is 4.98 Å². The molecule has 28 heavy (non-hydrogen) atoms. The first-order chi connectivity index (χ1) is 13.4. The lowest BCUT2D eigenvalue weighted by atomic mass is 10.0. The number of pyridine rings is 1. The maximum absolute atomic E-state index is 12.3. The van der Waals surface area contributed by atoms with Gasteiger partial charge in [-0.15, -0.1) is 0 Å². The summed E-state index contributed by atoms with van der Waals surface area (Å²) >= 11 is 0. The number of benzene rings is 1. The Morgan fingerprint density at radius 1 is 1.32 bits per heavy atom. The lowest BCUT2D eigenvalue weighted by molar-refractivity contribution is 0.0327. The number of esters is 1. The van der Waals surface area contributed by atoms with Gasteiger partial charge in [-0.2, -0.15) is 0 Å². The number of hydrogen-bond acceptors (Lipinski definition) is 6. The Kier molecular flexibility index (Phi) is 7.35. The lowest BCUT2D eigenvalue weighted by Gasteiger charge is -2.13. The predicted molar refractivity (Wildman–Crippen MR) is 108 cm³/mol. The maximum atomic E-state index is 12.3. The molecule has 1 heterocycles. The van der Waals surface area contributed by atoms with Crippen LogP contribution in [-0.2, 0) is 9.47 Å². The fourth-order valence-electron chi connectivity index (χ4n) is 2.49. The largest absolute Gasteiger partial charge is 0.496 e. The number of carbonyl (C=O) groups excluding carboxylic acids is 1. The van der Waals surface area contributed by atoms with Crippen molar-refractivity contribution in [3.8, 4) is 5.75 Å². The van der Waals surface area contributed by atoms with Gasteiger partial charge in [-0.3, -0.25) is 4.98 Å². The molecule has 1 atom stereocenters. The van der Waals surface area contributed by atoms with Crippen LogP contribution < -0.4 is 4.74 Å². The monoisotopic (exact) mass is 383 g/mol. The Bertz CT molecular complexity index is 888. The molecule has 2 rings (SSSR count). The minimum Gasteiger partial charge on any atom is -0.496 e. The molecule has 1 N–H and O–H groups in total. The SMILES string of the molecule is C=C(C)C(O)COC(=O)c1ccc(/C(=C\c2ncccc2OC)OC)cc1C. The van der Waals surface area contributed by atoms with Gasteiger partial charge in [0.1, 0.15) is 29.9 Å². The number of aliphatic hydroxyl groups is 1. The van der Waals surface area contributed by atoms with Crippen LogP contribution in [0.4, 0.5) is 0 Å². The predicted octanol–water partition coefficient (Wildman–Crippen LogP) is 3.64. The van der Waals surface area contributed by atoms with E-state index in [1.54, 1.807) is 51.6 Å². The van der Waals surface area contributed by atoms with Gasteiger partial charge < -0.3 is 19.3 Å². The number of aromatic nitrogens is 1. The standard InChI is InChI=1S/C22H25NO5/c1-14(2)19(24)13-28-22(25)17-9-8-16(11-15(17)3)21(27-5)12-18-20(26-4)7-6-10-23-18/h6-12,19,24H,1,13H2,2-5H3/b21-12+. The summed E-state index contributed by atoms with van der Waals surface area (Å²) < 4.78 is 16.0. The van der Waals surface area contributed by atoms with E-state index in [1.807, 2.05) is 19.1 Å². The van der Waals surface area contributed by atoms with Gasteiger partial charge in [0, 0.05) is 17.8 Å². The normalized spacial score (nSPS) is 12.2. The van der Waals surface area contributed by atoms with Gasteiger partial charge in [-0.25, -0.2) is 4.79 Å². The molecule has 0 aliphatic carbocycles. The van der Waals surface area contributed by atoms with Gasteiger partial charge >= 0.3 is 5.97 Å². The van der Waals surface area contributed by atoms with Gasteiger partial charge in [0.2, 0.25) is 0 Å². The third kappa shape index (κ3) is 5.20. The molecule has 1 aromatic heterocycles. The first kappa shape index (κ1) is 21.2. The smallest absolute Gasteiger partial charge is 0.338 e. The van der Waals surface area contributed by atoms with E-state index in [4.69, 9.17) is 14.2 Å². The molecule has 0 radical (unpaired) electrons. The van der Waals surface area contributed by atoms with Gasteiger partial charge in [-0.05, 0) is 49.2 Å². The zero-order valence-corrected chi connectivity index (χ0v) is 16.6. The third-order valence-corrected chi connectivity index (χ3v) is 4.18. The van der Waals surface area contributed by atoms with Gasteiger partial charge in [0.15, 0.2) is 0 Å². The van der Waals surface area contributed by atoms with Crippen LogP contribution in [0.1, 0.15) is 34.1 Å². The number of rotatable bonds is 8. The van der Waals surface area contributed by atoms with Crippen LogP contribution in [-0.4, -0.2) is 43.0 Å². The average Bonchev–Trinajstić information content (AvgIpc) is 2.69. The van der Waals surface area contributed by atoms with E-state index < -0.39 is 12.1 Å². The van der Waals surface area contributed by atoms with E-state index in [0.717, 1.165) is 11.1 Å². The topological polar surface area (TPSA) is 77.9 Å². The molecule has 1 aromatic carbocycles. The number of aliphatic hydroxyl groups excluding tert-OH is 1. The molecule has 2 aromatic rings. The molecule has 6 nitrogen and oxygen atoms in total. The van der Waals surface area contributed by atoms with Crippen molar-refractivity contribution in [2.24, 2.45) is 0 Å². The number of nitrogens with zero attached hydrogens (tertiary/aromatic N) is 1. The van der Waals surface area contributed by atoms with Crippen molar-refractivity contribution in [2.75, 3.05) is 20.8 Å². The molecule has 0 amide bonds. The Morgan fingerprint density at radius 2 is 2.07 bits per heavy atom. The summed E-state index contributed by atoms with van der Waals surface area (Å²) in [5.74, 6) is 0.710. The molecule has 0 aliphatic rings. The lowest BCUT2D eigenvalue weighted by Crippen LogP contribution is -2.19. The number of carbonyl (C=O) groups is 1. The van der Waals surface area contributed by atoms with Crippen molar-refractivity contribution in [2.45, 2.75) is 20.0 Å². The molecule has 0 saturated carbocycles. The maximum Gasteiger partial charge on any atom is 0.338 e. The summed E-state index contributed by atoms with van der Waals surface area (Å²) in [6.45, 7) is 6.99. The van der Waals surface area contributed by atoms with Crippen molar-refractivity contribution in [3.05, 3.63) is 71.1 Å². The van der Waals surface area contributed by atoms with Crippen LogP contribution >= 0.6 is 0 Å². The molecule has 0 bridgehead atoms. The Labute approximate surface area is 165 Å².